The normalized spacial score (nSPS) is 10.1. The number of hydrogen-bond donors (Lipinski definition) is 2. The predicted octanol–water partition coefficient (Wildman–Crippen LogP) is 0.572. The highest BCUT2D eigenvalue weighted by molar-refractivity contribution is 6.01. The largest absolute Gasteiger partial charge is 0.372 e. The summed E-state index contributed by atoms with van der Waals surface area (Å²) < 4.78 is 0. The molecule has 0 saturated carbocycles. The van der Waals surface area contributed by atoms with E-state index in [4.69, 9.17) is 0 Å². The van der Waals surface area contributed by atoms with E-state index in [1.807, 2.05) is 0 Å². The molecule has 0 spiro atoms. The molecule has 2 N–H and O–H groups in total. The van der Waals surface area contributed by atoms with Gasteiger partial charge in [0.2, 0.25) is 5.95 Å². The zero-order valence-corrected chi connectivity index (χ0v) is 10.8. The molecule has 19 heavy (non-hydrogen) atoms. The molecule has 2 aromatic rings. The quantitative estimate of drug-likeness (QED) is 0.830. The van der Waals surface area contributed by atoms with Crippen LogP contribution in [-0.2, 0) is 0 Å². The smallest absolute Gasteiger partial charge is 0.278 e. The highest BCUT2D eigenvalue weighted by Crippen LogP contribution is 2.05. The van der Waals surface area contributed by atoms with Gasteiger partial charge in [-0.1, -0.05) is 0 Å². The van der Waals surface area contributed by atoms with Crippen LogP contribution in [0, 0.1) is 13.8 Å². The first-order valence-corrected chi connectivity index (χ1v) is 5.61. The molecule has 2 aromatic heterocycles. The molecule has 0 saturated heterocycles. The zero-order chi connectivity index (χ0) is 13.8. The summed E-state index contributed by atoms with van der Waals surface area (Å²) in [6.45, 7) is 3.59. The van der Waals surface area contributed by atoms with Crippen LogP contribution >= 0.6 is 0 Å². The Morgan fingerprint density at radius 1 is 1.05 bits per heavy atom. The second-order valence-electron chi connectivity index (χ2n) is 3.81. The number of anilines is 2. The second-order valence-corrected chi connectivity index (χ2v) is 3.81. The van der Waals surface area contributed by atoms with E-state index in [2.05, 4.69) is 36.0 Å². The number of amides is 1. The van der Waals surface area contributed by atoms with Crippen LogP contribution < -0.4 is 10.6 Å². The molecule has 98 valence electrons. The lowest BCUT2D eigenvalue weighted by Crippen LogP contribution is -2.17. The maximum atomic E-state index is 11.9. The van der Waals surface area contributed by atoms with E-state index in [0.717, 1.165) is 5.69 Å². The summed E-state index contributed by atoms with van der Waals surface area (Å²) in [4.78, 5) is 16.0. The van der Waals surface area contributed by atoms with Gasteiger partial charge in [0.05, 0.1) is 11.4 Å². The first-order valence-electron chi connectivity index (χ1n) is 5.61. The Kier molecular flexibility index (Phi) is 3.60. The molecule has 0 radical (unpaired) electrons. The summed E-state index contributed by atoms with van der Waals surface area (Å²) in [6, 6.07) is 3.21. The van der Waals surface area contributed by atoms with E-state index in [0.29, 0.717) is 11.5 Å². The van der Waals surface area contributed by atoms with Gasteiger partial charge < -0.3 is 5.32 Å². The molecule has 0 atom stereocenters. The van der Waals surface area contributed by atoms with Crippen molar-refractivity contribution in [3.63, 3.8) is 0 Å². The lowest BCUT2D eigenvalue weighted by molar-refractivity contribution is 0.102. The van der Waals surface area contributed by atoms with Crippen molar-refractivity contribution in [2.45, 2.75) is 13.8 Å². The lowest BCUT2D eigenvalue weighted by atomic mass is 10.3. The highest BCUT2D eigenvalue weighted by atomic mass is 16.2. The van der Waals surface area contributed by atoms with Crippen LogP contribution in [-0.4, -0.2) is 38.3 Å². The van der Waals surface area contributed by atoms with E-state index in [1.54, 1.807) is 33.0 Å². The number of carbonyl (C=O) groups excluding carboxylic acids is 1. The van der Waals surface area contributed by atoms with Gasteiger partial charge in [-0.3, -0.25) is 10.1 Å². The highest BCUT2D eigenvalue weighted by Gasteiger charge is 2.11. The third-order valence-corrected chi connectivity index (χ3v) is 2.47. The monoisotopic (exact) mass is 259 g/mol. The Hall–Kier alpha value is -2.64. The molecule has 0 aliphatic rings. The van der Waals surface area contributed by atoms with Gasteiger partial charge in [0, 0.05) is 7.05 Å². The number of nitrogens with one attached hydrogen (secondary N) is 2. The Bertz CT molecular complexity index is 596. The molecule has 1 amide bonds. The Morgan fingerprint density at radius 3 is 2.42 bits per heavy atom. The van der Waals surface area contributed by atoms with Crippen LogP contribution in [0.4, 0.5) is 11.8 Å². The van der Waals surface area contributed by atoms with Crippen LogP contribution in [0.2, 0.25) is 0 Å². The summed E-state index contributed by atoms with van der Waals surface area (Å²) in [7, 11) is 1.72. The lowest BCUT2D eigenvalue weighted by Gasteiger charge is -2.04. The molecule has 0 aromatic carbocycles. The third-order valence-electron chi connectivity index (χ3n) is 2.47. The molecule has 0 unspecified atom stereocenters. The van der Waals surface area contributed by atoms with Gasteiger partial charge in [0.25, 0.3) is 5.91 Å². The average Bonchev–Trinajstić information content (AvgIpc) is 2.43. The molecular weight excluding hydrogens is 246 g/mol. The Labute approximate surface area is 109 Å². The maximum absolute atomic E-state index is 11.9. The average molecular weight is 259 g/mol. The zero-order valence-electron chi connectivity index (χ0n) is 10.8. The predicted molar refractivity (Wildman–Crippen MR) is 68.8 cm³/mol. The second kappa shape index (κ2) is 5.34. The number of rotatable bonds is 3. The van der Waals surface area contributed by atoms with E-state index in [-0.39, 0.29) is 11.6 Å². The standard InChI is InChI=1S/C11H13N7O/c1-6-7(2)15-18-11(13-6)14-10(19)8-4-5-9(12-3)17-16-8/h4-5H,1-3H3,(H,12,17)(H,13,14,18,19). The number of carbonyl (C=O) groups is 1. The van der Waals surface area contributed by atoms with Gasteiger partial charge in [0.1, 0.15) is 5.82 Å². The van der Waals surface area contributed by atoms with Crippen LogP contribution in [0.3, 0.4) is 0 Å². The maximum Gasteiger partial charge on any atom is 0.278 e. The van der Waals surface area contributed by atoms with Crippen molar-refractivity contribution in [2.75, 3.05) is 17.7 Å². The van der Waals surface area contributed by atoms with Gasteiger partial charge in [-0.2, -0.15) is 5.10 Å². The molecule has 0 aliphatic carbocycles. The topological polar surface area (TPSA) is 106 Å². The van der Waals surface area contributed by atoms with Gasteiger partial charge >= 0.3 is 0 Å². The number of nitrogens with zero attached hydrogens (tertiary/aromatic N) is 5. The fraction of sp³-hybridized carbons (Fsp3) is 0.273. The van der Waals surface area contributed by atoms with E-state index in [9.17, 15) is 4.79 Å². The van der Waals surface area contributed by atoms with Crippen LogP contribution in [0.1, 0.15) is 21.9 Å². The molecule has 8 nitrogen and oxygen atoms in total. The first-order chi connectivity index (χ1) is 9.10. The van der Waals surface area contributed by atoms with Crippen molar-refractivity contribution in [1.82, 2.24) is 25.4 Å². The minimum atomic E-state index is -0.430. The minimum Gasteiger partial charge on any atom is -0.372 e. The fourth-order valence-electron chi connectivity index (χ4n) is 1.26. The van der Waals surface area contributed by atoms with Gasteiger partial charge in [-0.15, -0.1) is 15.3 Å². The van der Waals surface area contributed by atoms with Gasteiger partial charge in [-0.25, -0.2) is 4.98 Å². The molecule has 0 fully saturated rings. The molecule has 0 aliphatic heterocycles. The summed E-state index contributed by atoms with van der Waals surface area (Å²) in [6.07, 6.45) is 0. The van der Waals surface area contributed by atoms with Gasteiger partial charge in [0.15, 0.2) is 5.69 Å². The van der Waals surface area contributed by atoms with E-state index in [1.165, 1.54) is 0 Å². The molecular formula is C11H13N7O. The Morgan fingerprint density at radius 2 is 1.84 bits per heavy atom. The van der Waals surface area contributed by atoms with Crippen molar-refractivity contribution in [2.24, 2.45) is 0 Å². The first kappa shape index (κ1) is 12.8. The summed E-state index contributed by atoms with van der Waals surface area (Å²) in [5.41, 5.74) is 1.61. The van der Waals surface area contributed by atoms with Crippen molar-refractivity contribution in [1.29, 1.82) is 0 Å². The molecule has 8 heteroatoms. The van der Waals surface area contributed by atoms with Crippen molar-refractivity contribution < 1.29 is 4.79 Å². The van der Waals surface area contributed by atoms with Crippen LogP contribution in [0.5, 0.6) is 0 Å². The SMILES string of the molecule is CNc1ccc(C(=O)Nc2nnc(C)c(C)n2)nn1. The number of hydrogen-bond acceptors (Lipinski definition) is 7. The van der Waals surface area contributed by atoms with Crippen molar-refractivity contribution in [3.05, 3.63) is 29.2 Å². The van der Waals surface area contributed by atoms with Crippen molar-refractivity contribution >= 4 is 17.7 Å². The van der Waals surface area contributed by atoms with Crippen LogP contribution in [0.25, 0.3) is 0 Å². The van der Waals surface area contributed by atoms with Crippen molar-refractivity contribution in [3.8, 4) is 0 Å². The third kappa shape index (κ3) is 2.97. The van der Waals surface area contributed by atoms with Gasteiger partial charge in [-0.05, 0) is 26.0 Å². The Balaban J connectivity index is 2.13. The minimum absolute atomic E-state index is 0.146. The molecule has 2 heterocycles. The van der Waals surface area contributed by atoms with Crippen LogP contribution in [0.15, 0.2) is 12.1 Å². The molecule has 0 bridgehead atoms. The molecule has 2 rings (SSSR count). The summed E-state index contributed by atoms with van der Waals surface area (Å²) in [5, 5.41) is 20.6. The number of aryl methyl sites for hydroxylation is 2. The van der Waals surface area contributed by atoms with E-state index >= 15 is 0 Å². The summed E-state index contributed by atoms with van der Waals surface area (Å²) >= 11 is 0. The van der Waals surface area contributed by atoms with E-state index < -0.39 is 5.91 Å². The fourth-order valence-corrected chi connectivity index (χ4v) is 1.26. The summed E-state index contributed by atoms with van der Waals surface area (Å²) in [5.74, 6) is 0.299. The number of aromatic nitrogens is 5.